The minimum absolute atomic E-state index is 0.0565. The summed E-state index contributed by atoms with van der Waals surface area (Å²) in [5.74, 6) is 1.63. The topological polar surface area (TPSA) is 36.4 Å². The molecule has 0 aromatic carbocycles. The standard InChI is InChI=1S/C14H16F3N3OS/c15-14(16,17)11-2-1-3-18-12(11)20-8-10(9-20)13(21)19-4-6-22-7-5-19/h1-3,10H,4-9H2. The fourth-order valence-electron chi connectivity index (χ4n) is 2.72. The van der Waals surface area contributed by atoms with Gasteiger partial charge in [-0.05, 0) is 12.1 Å². The van der Waals surface area contributed by atoms with Gasteiger partial charge in [0.1, 0.15) is 5.82 Å². The Kier molecular flexibility index (Phi) is 4.20. The van der Waals surface area contributed by atoms with Gasteiger partial charge >= 0.3 is 6.18 Å². The maximum atomic E-state index is 13.0. The highest BCUT2D eigenvalue weighted by atomic mass is 32.2. The maximum Gasteiger partial charge on any atom is 0.419 e. The normalized spacial score (nSPS) is 20.0. The van der Waals surface area contributed by atoms with Gasteiger partial charge in [0, 0.05) is 43.9 Å². The summed E-state index contributed by atoms with van der Waals surface area (Å²) < 4.78 is 38.9. The summed E-state index contributed by atoms with van der Waals surface area (Å²) in [7, 11) is 0. The van der Waals surface area contributed by atoms with Crippen LogP contribution in [0.4, 0.5) is 19.0 Å². The fraction of sp³-hybridized carbons (Fsp3) is 0.571. The minimum Gasteiger partial charge on any atom is -0.354 e. The first kappa shape index (κ1) is 15.5. The number of hydrogen-bond donors (Lipinski definition) is 0. The first-order chi connectivity index (χ1) is 10.5. The van der Waals surface area contributed by atoms with Crippen LogP contribution in [-0.2, 0) is 11.0 Å². The Morgan fingerprint density at radius 3 is 2.59 bits per heavy atom. The molecule has 0 aliphatic carbocycles. The average Bonchev–Trinajstić information content (AvgIpc) is 2.46. The molecular formula is C14H16F3N3OS. The Labute approximate surface area is 130 Å². The van der Waals surface area contributed by atoms with E-state index in [1.807, 2.05) is 16.7 Å². The molecule has 0 bridgehead atoms. The van der Waals surface area contributed by atoms with Crippen molar-refractivity contribution in [1.29, 1.82) is 0 Å². The Morgan fingerprint density at radius 2 is 1.95 bits per heavy atom. The summed E-state index contributed by atoms with van der Waals surface area (Å²) in [6.45, 7) is 2.08. The van der Waals surface area contributed by atoms with Crippen LogP contribution in [0.25, 0.3) is 0 Å². The van der Waals surface area contributed by atoms with Crippen LogP contribution in [0.3, 0.4) is 0 Å². The monoisotopic (exact) mass is 331 g/mol. The lowest BCUT2D eigenvalue weighted by molar-refractivity contribution is -0.137. The second-order valence-corrected chi connectivity index (χ2v) is 6.64. The number of hydrogen-bond acceptors (Lipinski definition) is 4. The van der Waals surface area contributed by atoms with Crippen LogP contribution in [-0.4, -0.2) is 53.5 Å². The number of halogens is 3. The number of pyridine rings is 1. The lowest BCUT2D eigenvalue weighted by Gasteiger charge is -2.42. The number of amides is 1. The lowest BCUT2D eigenvalue weighted by Crippen LogP contribution is -2.56. The van der Waals surface area contributed by atoms with Gasteiger partial charge in [0.25, 0.3) is 0 Å². The second-order valence-electron chi connectivity index (χ2n) is 5.41. The van der Waals surface area contributed by atoms with E-state index < -0.39 is 11.7 Å². The zero-order valence-electron chi connectivity index (χ0n) is 11.8. The molecule has 1 aromatic heterocycles. The lowest BCUT2D eigenvalue weighted by atomic mass is 9.97. The third-order valence-electron chi connectivity index (χ3n) is 3.95. The predicted octanol–water partition coefficient (Wildman–Crippen LogP) is 2.11. The van der Waals surface area contributed by atoms with E-state index in [4.69, 9.17) is 0 Å². The molecule has 1 aromatic rings. The highest BCUT2D eigenvalue weighted by Gasteiger charge is 2.41. The minimum atomic E-state index is -4.43. The Hall–Kier alpha value is -1.44. The Balaban J connectivity index is 1.65. The van der Waals surface area contributed by atoms with Crippen molar-refractivity contribution in [2.24, 2.45) is 5.92 Å². The molecule has 1 amide bonds. The first-order valence-electron chi connectivity index (χ1n) is 7.10. The number of rotatable bonds is 2. The highest BCUT2D eigenvalue weighted by Crippen LogP contribution is 2.37. The molecule has 120 valence electrons. The summed E-state index contributed by atoms with van der Waals surface area (Å²) in [5.41, 5.74) is -0.740. The van der Waals surface area contributed by atoms with Gasteiger partial charge in [-0.3, -0.25) is 4.79 Å². The SMILES string of the molecule is O=C(C1CN(c2ncccc2C(F)(F)F)C1)N1CCSCC1. The van der Waals surface area contributed by atoms with Crippen LogP contribution in [0.5, 0.6) is 0 Å². The molecule has 0 radical (unpaired) electrons. The summed E-state index contributed by atoms with van der Waals surface area (Å²) in [6, 6.07) is 2.31. The number of thioether (sulfide) groups is 1. The van der Waals surface area contributed by atoms with Crippen LogP contribution in [0.1, 0.15) is 5.56 Å². The predicted molar refractivity (Wildman–Crippen MR) is 78.8 cm³/mol. The smallest absolute Gasteiger partial charge is 0.354 e. The molecule has 2 saturated heterocycles. The first-order valence-corrected chi connectivity index (χ1v) is 8.26. The van der Waals surface area contributed by atoms with Gasteiger partial charge in [-0.25, -0.2) is 4.98 Å². The molecule has 0 atom stereocenters. The van der Waals surface area contributed by atoms with Crippen LogP contribution < -0.4 is 4.90 Å². The van der Waals surface area contributed by atoms with Gasteiger partial charge in [0.05, 0.1) is 11.5 Å². The van der Waals surface area contributed by atoms with Crippen molar-refractivity contribution in [3.8, 4) is 0 Å². The molecule has 8 heteroatoms. The average molecular weight is 331 g/mol. The van der Waals surface area contributed by atoms with Crippen molar-refractivity contribution in [1.82, 2.24) is 9.88 Å². The third kappa shape index (κ3) is 3.02. The number of carbonyl (C=O) groups is 1. The van der Waals surface area contributed by atoms with Crippen molar-refractivity contribution in [2.45, 2.75) is 6.18 Å². The number of aromatic nitrogens is 1. The van der Waals surface area contributed by atoms with Gasteiger partial charge in [-0.1, -0.05) is 0 Å². The molecule has 2 aliphatic rings. The van der Waals surface area contributed by atoms with Gasteiger partial charge in [0.2, 0.25) is 5.91 Å². The van der Waals surface area contributed by atoms with Crippen molar-refractivity contribution < 1.29 is 18.0 Å². The number of nitrogens with zero attached hydrogens (tertiary/aromatic N) is 3. The molecule has 0 unspecified atom stereocenters. The van der Waals surface area contributed by atoms with E-state index in [-0.39, 0.29) is 17.6 Å². The van der Waals surface area contributed by atoms with Gasteiger partial charge in [-0.2, -0.15) is 24.9 Å². The summed E-state index contributed by atoms with van der Waals surface area (Å²) >= 11 is 1.82. The van der Waals surface area contributed by atoms with E-state index in [1.54, 1.807) is 0 Å². The van der Waals surface area contributed by atoms with Crippen molar-refractivity contribution in [3.63, 3.8) is 0 Å². The van der Waals surface area contributed by atoms with Gasteiger partial charge in [0.15, 0.2) is 0 Å². The maximum absolute atomic E-state index is 13.0. The van der Waals surface area contributed by atoms with Crippen LogP contribution in [0.15, 0.2) is 18.3 Å². The van der Waals surface area contributed by atoms with Crippen LogP contribution in [0.2, 0.25) is 0 Å². The largest absolute Gasteiger partial charge is 0.419 e. The fourth-order valence-corrected chi connectivity index (χ4v) is 3.62. The zero-order chi connectivity index (χ0) is 15.7. The molecule has 4 nitrogen and oxygen atoms in total. The summed E-state index contributed by atoms with van der Waals surface area (Å²) in [4.78, 5) is 19.5. The van der Waals surface area contributed by atoms with E-state index in [0.717, 1.165) is 30.7 Å². The highest BCUT2D eigenvalue weighted by molar-refractivity contribution is 7.99. The molecule has 3 heterocycles. The summed E-state index contributed by atoms with van der Waals surface area (Å²) in [5, 5.41) is 0. The van der Waals surface area contributed by atoms with E-state index >= 15 is 0 Å². The third-order valence-corrected chi connectivity index (χ3v) is 4.89. The summed E-state index contributed by atoms with van der Waals surface area (Å²) in [6.07, 6.45) is -3.08. The van der Waals surface area contributed by atoms with E-state index in [0.29, 0.717) is 13.1 Å². The molecular weight excluding hydrogens is 315 g/mol. The van der Waals surface area contributed by atoms with Crippen LogP contribution in [0, 0.1) is 5.92 Å². The Morgan fingerprint density at radius 1 is 1.27 bits per heavy atom. The number of carbonyl (C=O) groups excluding carboxylic acids is 1. The van der Waals surface area contributed by atoms with E-state index in [1.165, 1.54) is 17.2 Å². The van der Waals surface area contributed by atoms with Crippen molar-refractivity contribution in [2.75, 3.05) is 42.6 Å². The molecule has 2 aliphatic heterocycles. The Bertz CT molecular complexity index is 555. The van der Waals surface area contributed by atoms with Gasteiger partial charge < -0.3 is 9.80 Å². The zero-order valence-corrected chi connectivity index (χ0v) is 12.7. The molecule has 3 rings (SSSR count). The number of alkyl halides is 3. The van der Waals surface area contributed by atoms with E-state index in [2.05, 4.69) is 4.98 Å². The van der Waals surface area contributed by atoms with Crippen molar-refractivity contribution in [3.05, 3.63) is 23.9 Å². The second kappa shape index (κ2) is 5.98. The number of anilines is 1. The molecule has 0 spiro atoms. The molecule has 0 saturated carbocycles. The molecule has 0 N–H and O–H groups in total. The quantitative estimate of drug-likeness (QED) is 0.832. The molecule has 2 fully saturated rings. The van der Waals surface area contributed by atoms with Crippen molar-refractivity contribution >= 4 is 23.5 Å². The van der Waals surface area contributed by atoms with Gasteiger partial charge in [-0.15, -0.1) is 0 Å². The van der Waals surface area contributed by atoms with Crippen LogP contribution >= 0.6 is 11.8 Å². The van der Waals surface area contributed by atoms with E-state index in [9.17, 15) is 18.0 Å². The molecule has 22 heavy (non-hydrogen) atoms.